The Balaban J connectivity index is 1.48. The summed E-state index contributed by atoms with van der Waals surface area (Å²) in [7, 11) is 1.88. The summed E-state index contributed by atoms with van der Waals surface area (Å²) in [4.78, 5) is 44.0. The molecular weight excluding hydrogens is 476 g/mol. The van der Waals surface area contributed by atoms with Gasteiger partial charge in [0.2, 0.25) is 5.78 Å². The molecule has 1 N–H and O–H groups in total. The number of Topliss-reactive ketones (excluding diaryl/α,β-unsaturated/α-hetero) is 1. The second-order valence-corrected chi connectivity index (χ2v) is 9.73. The molecule has 0 radical (unpaired) electrons. The van der Waals surface area contributed by atoms with Gasteiger partial charge in [0.1, 0.15) is 5.69 Å². The standard InChI is InChI=1S/C29H29ClN2O4/c1-32(22-11-9-21(30)10-12-22)23-13-15-26(31-18-23)28(34)20-8-14-24(25(17-20)29(35)36)27(33)16-7-19-5-3-2-4-6-19/h8-15,17-19H,2-7,16H2,1H3,(H,35,36). The van der Waals surface area contributed by atoms with Crippen LogP contribution in [0, 0.1) is 5.92 Å². The van der Waals surface area contributed by atoms with Gasteiger partial charge in [0.25, 0.3) is 0 Å². The Morgan fingerprint density at radius 2 is 1.64 bits per heavy atom. The number of benzene rings is 2. The number of carbonyl (C=O) groups is 3. The van der Waals surface area contributed by atoms with Crippen LogP contribution < -0.4 is 4.90 Å². The van der Waals surface area contributed by atoms with Gasteiger partial charge in [-0.1, -0.05) is 49.8 Å². The van der Waals surface area contributed by atoms with Crippen LogP contribution in [0.4, 0.5) is 11.4 Å². The van der Waals surface area contributed by atoms with Gasteiger partial charge in [-0.15, -0.1) is 0 Å². The van der Waals surface area contributed by atoms with Crippen molar-refractivity contribution in [1.82, 2.24) is 4.98 Å². The van der Waals surface area contributed by atoms with Gasteiger partial charge in [-0.2, -0.15) is 0 Å². The lowest BCUT2D eigenvalue weighted by molar-refractivity contribution is 0.0691. The lowest BCUT2D eigenvalue weighted by atomic mass is 9.85. The number of carboxylic acid groups (broad SMARTS) is 1. The van der Waals surface area contributed by atoms with E-state index in [0.29, 0.717) is 17.4 Å². The highest BCUT2D eigenvalue weighted by Gasteiger charge is 2.22. The molecule has 0 spiro atoms. The zero-order valence-corrected chi connectivity index (χ0v) is 21.0. The molecule has 0 bridgehead atoms. The first-order valence-corrected chi connectivity index (χ1v) is 12.6. The van der Waals surface area contributed by atoms with Gasteiger partial charge in [0, 0.05) is 35.3 Å². The summed E-state index contributed by atoms with van der Waals surface area (Å²) in [6.45, 7) is 0. The maximum atomic E-state index is 13.1. The summed E-state index contributed by atoms with van der Waals surface area (Å²) in [5, 5.41) is 10.4. The lowest BCUT2D eigenvalue weighted by Crippen LogP contribution is -2.14. The third kappa shape index (κ3) is 6.00. The molecule has 3 aromatic rings. The van der Waals surface area contributed by atoms with E-state index in [4.69, 9.17) is 11.6 Å². The fourth-order valence-electron chi connectivity index (χ4n) is 4.73. The second-order valence-electron chi connectivity index (χ2n) is 9.30. The van der Waals surface area contributed by atoms with E-state index >= 15 is 0 Å². The summed E-state index contributed by atoms with van der Waals surface area (Å²) in [6.07, 6.45) is 8.59. The lowest BCUT2D eigenvalue weighted by Gasteiger charge is -2.21. The number of carboxylic acids is 1. The van der Waals surface area contributed by atoms with Gasteiger partial charge < -0.3 is 10.0 Å². The summed E-state index contributed by atoms with van der Waals surface area (Å²) in [5.41, 5.74) is 2.07. The first kappa shape index (κ1) is 25.6. The highest BCUT2D eigenvalue weighted by molar-refractivity contribution is 6.30. The average Bonchev–Trinajstić information content (AvgIpc) is 2.91. The van der Waals surface area contributed by atoms with Gasteiger partial charge in [0.15, 0.2) is 5.78 Å². The smallest absolute Gasteiger partial charge is 0.336 e. The van der Waals surface area contributed by atoms with Crippen molar-refractivity contribution in [2.45, 2.75) is 44.9 Å². The molecule has 1 aliphatic rings. The fraction of sp³-hybridized carbons (Fsp3) is 0.310. The third-order valence-corrected chi connectivity index (χ3v) is 7.15. The monoisotopic (exact) mass is 504 g/mol. The minimum Gasteiger partial charge on any atom is -0.478 e. The topological polar surface area (TPSA) is 87.6 Å². The molecule has 0 aliphatic heterocycles. The van der Waals surface area contributed by atoms with Gasteiger partial charge in [0.05, 0.1) is 17.4 Å². The molecular formula is C29H29ClN2O4. The van der Waals surface area contributed by atoms with E-state index in [-0.39, 0.29) is 28.2 Å². The van der Waals surface area contributed by atoms with Crippen molar-refractivity contribution in [1.29, 1.82) is 0 Å². The minimum absolute atomic E-state index is 0.145. The van der Waals surface area contributed by atoms with Crippen molar-refractivity contribution in [3.05, 3.63) is 88.2 Å². The number of pyridine rings is 1. The van der Waals surface area contributed by atoms with Crippen molar-refractivity contribution in [3.63, 3.8) is 0 Å². The maximum Gasteiger partial charge on any atom is 0.336 e. The summed E-state index contributed by atoms with van der Waals surface area (Å²) < 4.78 is 0. The summed E-state index contributed by atoms with van der Waals surface area (Å²) >= 11 is 5.96. The Kier molecular flexibility index (Phi) is 8.16. The molecule has 1 aliphatic carbocycles. The first-order valence-electron chi connectivity index (χ1n) is 12.2. The molecule has 1 aromatic heterocycles. The van der Waals surface area contributed by atoms with Crippen LogP contribution in [0.3, 0.4) is 0 Å². The number of hydrogen-bond donors (Lipinski definition) is 1. The Morgan fingerprint density at radius 3 is 2.28 bits per heavy atom. The molecule has 186 valence electrons. The Bertz CT molecular complexity index is 1250. The quantitative estimate of drug-likeness (QED) is 0.316. The molecule has 1 fully saturated rings. The molecule has 36 heavy (non-hydrogen) atoms. The number of ketones is 2. The number of anilines is 2. The molecule has 6 nitrogen and oxygen atoms in total. The Morgan fingerprint density at radius 1 is 0.944 bits per heavy atom. The predicted molar refractivity (Wildman–Crippen MR) is 141 cm³/mol. The number of aromatic carboxylic acids is 1. The van der Waals surface area contributed by atoms with Crippen LogP contribution in [-0.4, -0.2) is 34.7 Å². The van der Waals surface area contributed by atoms with Crippen molar-refractivity contribution < 1.29 is 19.5 Å². The molecule has 0 amide bonds. The molecule has 1 saturated carbocycles. The number of halogens is 1. The highest BCUT2D eigenvalue weighted by atomic mass is 35.5. The largest absolute Gasteiger partial charge is 0.478 e. The van der Waals surface area contributed by atoms with E-state index in [0.717, 1.165) is 30.6 Å². The molecule has 4 rings (SSSR count). The minimum atomic E-state index is -1.22. The molecule has 7 heteroatoms. The number of hydrogen-bond acceptors (Lipinski definition) is 5. The van der Waals surface area contributed by atoms with Gasteiger partial charge >= 0.3 is 5.97 Å². The maximum absolute atomic E-state index is 13.1. The number of nitrogens with zero attached hydrogens (tertiary/aromatic N) is 2. The van der Waals surface area contributed by atoms with E-state index in [1.165, 1.54) is 37.5 Å². The average molecular weight is 505 g/mol. The fourth-order valence-corrected chi connectivity index (χ4v) is 4.86. The van der Waals surface area contributed by atoms with Gasteiger partial charge in [-0.3, -0.25) is 14.6 Å². The molecule has 2 aromatic carbocycles. The van der Waals surface area contributed by atoms with Crippen LogP contribution in [0.2, 0.25) is 5.02 Å². The Labute approximate surface area is 215 Å². The molecule has 1 heterocycles. The van der Waals surface area contributed by atoms with E-state index in [2.05, 4.69) is 4.98 Å². The second kappa shape index (κ2) is 11.5. The number of aromatic nitrogens is 1. The third-order valence-electron chi connectivity index (χ3n) is 6.90. The van der Waals surface area contributed by atoms with Crippen molar-refractivity contribution in [3.8, 4) is 0 Å². The summed E-state index contributed by atoms with van der Waals surface area (Å²) in [5.74, 6) is -1.28. The number of rotatable bonds is 9. The van der Waals surface area contributed by atoms with Gasteiger partial charge in [-0.05, 0) is 60.9 Å². The first-order chi connectivity index (χ1) is 17.3. The number of carbonyl (C=O) groups excluding carboxylic acids is 2. The van der Waals surface area contributed by atoms with Crippen LogP contribution >= 0.6 is 11.6 Å². The zero-order chi connectivity index (χ0) is 25.7. The van der Waals surface area contributed by atoms with Crippen LogP contribution in [0.25, 0.3) is 0 Å². The Hall–Kier alpha value is -3.51. The van der Waals surface area contributed by atoms with Crippen LogP contribution in [0.15, 0.2) is 60.8 Å². The van der Waals surface area contributed by atoms with Gasteiger partial charge in [-0.25, -0.2) is 4.79 Å². The summed E-state index contributed by atoms with van der Waals surface area (Å²) in [6, 6.07) is 15.0. The zero-order valence-electron chi connectivity index (χ0n) is 20.2. The predicted octanol–water partition coefficient (Wildman–Crippen LogP) is 6.98. The van der Waals surface area contributed by atoms with Crippen molar-refractivity contribution >= 4 is 40.5 Å². The van der Waals surface area contributed by atoms with E-state index < -0.39 is 11.8 Å². The van der Waals surface area contributed by atoms with E-state index in [9.17, 15) is 19.5 Å². The molecule has 0 atom stereocenters. The normalized spacial score (nSPS) is 13.8. The highest BCUT2D eigenvalue weighted by Crippen LogP contribution is 2.29. The van der Waals surface area contributed by atoms with Crippen LogP contribution in [0.5, 0.6) is 0 Å². The van der Waals surface area contributed by atoms with Crippen molar-refractivity contribution in [2.24, 2.45) is 5.92 Å². The van der Waals surface area contributed by atoms with Crippen LogP contribution in [-0.2, 0) is 0 Å². The van der Waals surface area contributed by atoms with Crippen LogP contribution in [0.1, 0.15) is 81.7 Å². The van der Waals surface area contributed by atoms with E-state index in [1.54, 1.807) is 30.5 Å². The molecule has 0 saturated heterocycles. The SMILES string of the molecule is CN(c1ccc(Cl)cc1)c1ccc(C(=O)c2ccc(C(=O)CCC3CCCCC3)c(C(=O)O)c2)nc1. The van der Waals surface area contributed by atoms with Crippen molar-refractivity contribution in [2.75, 3.05) is 11.9 Å². The van der Waals surface area contributed by atoms with E-state index in [1.807, 2.05) is 24.1 Å². The molecule has 0 unspecified atom stereocenters.